The fraction of sp³-hybridized carbons (Fsp3) is 0.429. The predicted octanol–water partition coefficient (Wildman–Crippen LogP) is 1.58. The number of hydrogen-bond acceptors (Lipinski definition) is 4. The van der Waals surface area contributed by atoms with Crippen LogP contribution in [0.2, 0.25) is 0 Å². The molecule has 0 atom stereocenters. The number of hydrazone groups is 1. The Hall–Kier alpha value is -1.02. The van der Waals surface area contributed by atoms with Crippen molar-refractivity contribution in [2.24, 2.45) is 5.10 Å². The number of nitrogens with one attached hydrogen (secondary N) is 2. The van der Waals surface area contributed by atoms with E-state index < -0.39 is 0 Å². The third kappa shape index (κ3) is 6.52. The van der Waals surface area contributed by atoms with Crippen LogP contribution in [-0.4, -0.2) is 55.6 Å². The first kappa shape index (κ1) is 16.4. The van der Waals surface area contributed by atoms with Crippen molar-refractivity contribution in [1.82, 2.24) is 15.6 Å². The minimum Gasteiger partial charge on any atom is -0.379 e. The molecule has 1 saturated heterocycles. The summed E-state index contributed by atoms with van der Waals surface area (Å²) in [4.78, 5) is 2.35. The summed E-state index contributed by atoms with van der Waals surface area (Å²) in [5.41, 5.74) is 3.83. The quantitative estimate of drug-likeness (QED) is 0.468. The van der Waals surface area contributed by atoms with Crippen molar-refractivity contribution in [2.45, 2.75) is 0 Å². The predicted molar refractivity (Wildman–Crippen MR) is 92.7 cm³/mol. The summed E-state index contributed by atoms with van der Waals surface area (Å²) in [7, 11) is 0. The molecule has 2 rings (SSSR count). The summed E-state index contributed by atoms with van der Waals surface area (Å²) in [5, 5.41) is 7.79. The Bertz CT molecular complexity index is 474. The molecule has 0 bridgehead atoms. The standard InChI is InChI=1S/C14H19BrN4OS/c15-13-3-1-12(2-4-13)11-17-18-14(21)16-5-6-19-7-9-20-10-8-19/h1-4,11H,5-10H2,(H2,16,18,21)/b17-11-. The third-order valence-corrected chi connectivity index (χ3v) is 3.83. The fourth-order valence-electron chi connectivity index (χ4n) is 1.91. The van der Waals surface area contributed by atoms with Crippen LogP contribution in [-0.2, 0) is 4.74 Å². The number of ether oxygens (including phenoxy) is 1. The van der Waals surface area contributed by atoms with Crippen molar-refractivity contribution in [1.29, 1.82) is 0 Å². The molecule has 5 nitrogen and oxygen atoms in total. The van der Waals surface area contributed by atoms with E-state index in [1.165, 1.54) is 0 Å². The molecule has 0 amide bonds. The topological polar surface area (TPSA) is 48.9 Å². The number of thiocarbonyl (C=S) groups is 1. The van der Waals surface area contributed by atoms with E-state index in [2.05, 4.69) is 36.7 Å². The maximum absolute atomic E-state index is 5.31. The van der Waals surface area contributed by atoms with Crippen LogP contribution in [0.25, 0.3) is 0 Å². The third-order valence-electron chi connectivity index (χ3n) is 3.07. The van der Waals surface area contributed by atoms with Crippen molar-refractivity contribution in [3.8, 4) is 0 Å². The molecule has 1 aromatic rings. The summed E-state index contributed by atoms with van der Waals surface area (Å²) >= 11 is 8.57. The van der Waals surface area contributed by atoms with Gasteiger partial charge in [-0.2, -0.15) is 5.10 Å². The average molecular weight is 371 g/mol. The van der Waals surface area contributed by atoms with Crippen LogP contribution in [0.3, 0.4) is 0 Å². The second-order valence-corrected chi connectivity index (χ2v) is 5.96. The molecule has 0 saturated carbocycles. The van der Waals surface area contributed by atoms with Gasteiger partial charge in [0.15, 0.2) is 5.11 Å². The zero-order valence-electron chi connectivity index (χ0n) is 11.7. The average Bonchev–Trinajstić information content (AvgIpc) is 2.50. The second-order valence-electron chi connectivity index (χ2n) is 4.63. The highest BCUT2D eigenvalue weighted by Crippen LogP contribution is 2.08. The molecule has 0 unspecified atom stereocenters. The number of hydrogen-bond donors (Lipinski definition) is 2. The number of benzene rings is 1. The van der Waals surface area contributed by atoms with E-state index in [4.69, 9.17) is 17.0 Å². The Labute approximate surface area is 138 Å². The van der Waals surface area contributed by atoms with Crippen LogP contribution in [0.5, 0.6) is 0 Å². The molecule has 1 aliphatic rings. The fourth-order valence-corrected chi connectivity index (χ4v) is 2.33. The van der Waals surface area contributed by atoms with Crippen molar-refractivity contribution >= 4 is 39.5 Å². The minimum absolute atomic E-state index is 0.539. The molecule has 0 radical (unpaired) electrons. The van der Waals surface area contributed by atoms with Crippen molar-refractivity contribution in [2.75, 3.05) is 39.4 Å². The Morgan fingerprint density at radius 2 is 2.05 bits per heavy atom. The van der Waals surface area contributed by atoms with Crippen LogP contribution in [0, 0.1) is 0 Å². The maximum Gasteiger partial charge on any atom is 0.187 e. The molecular formula is C14H19BrN4OS. The van der Waals surface area contributed by atoms with Gasteiger partial charge in [-0.05, 0) is 29.9 Å². The van der Waals surface area contributed by atoms with Crippen LogP contribution < -0.4 is 10.7 Å². The molecule has 0 aliphatic carbocycles. The second kappa shape index (κ2) is 9.09. The van der Waals surface area contributed by atoms with Crippen molar-refractivity contribution < 1.29 is 4.74 Å². The van der Waals surface area contributed by atoms with Crippen LogP contribution in [0.1, 0.15) is 5.56 Å². The van der Waals surface area contributed by atoms with E-state index >= 15 is 0 Å². The molecule has 1 fully saturated rings. The van der Waals surface area contributed by atoms with Gasteiger partial charge in [-0.3, -0.25) is 10.3 Å². The summed E-state index contributed by atoms with van der Waals surface area (Å²) in [6.45, 7) is 5.38. The largest absolute Gasteiger partial charge is 0.379 e. The van der Waals surface area contributed by atoms with E-state index in [0.717, 1.165) is 49.4 Å². The zero-order chi connectivity index (χ0) is 14.9. The first-order chi connectivity index (χ1) is 10.2. The summed E-state index contributed by atoms with van der Waals surface area (Å²) in [6, 6.07) is 7.90. The van der Waals surface area contributed by atoms with E-state index in [-0.39, 0.29) is 0 Å². The molecule has 2 N–H and O–H groups in total. The highest BCUT2D eigenvalue weighted by atomic mass is 79.9. The Balaban J connectivity index is 1.61. The number of nitrogens with zero attached hydrogens (tertiary/aromatic N) is 2. The van der Waals surface area contributed by atoms with Gasteiger partial charge in [-0.25, -0.2) is 0 Å². The molecule has 21 heavy (non-hydrogen) atoms. The van der Waals surface area contributed by atoms with Gasteiger partial charge >= 0.3 is 0 Å². The van der Waals surface area contributed by atoms with Crippen molar-refractivity contribution in [3.05, 3.63) is 34.3 Å². The van der Waals surface area contributed by atoms with E-state index in [9.17, 15) is 0 Å². The van der Waals surface area contributed by atoms with E-state index in [1.807, 2.05) is 24.3 Å². The Kier molecular flexibility index (Phi) is 7.08. The minimum atomic E-state index is 0.539. The van der Waals surface area contributed by atoms with Gasteiger partial charge in [-0.15, -0.1) is 0 Å². The normalized spacial score (nSPS) is 16.0. The highest BCUT2D eigenvalue weighted by Gasteiger charge is 2.09. The number of halogens is 1. The van der Waals surface area contributed by atoms with Crippen LogP contribution >= 0.6 is 28.1 Å². The van der Waals surface area contributed by atoms with Gasteiger partial charge in [0.1, 0.15) is 0 Å². The van der Waals surface area contributed by atoms with E-state index in [0.29, 0.717) is 5.11 Å². The monoisotopic (exact) mass is 370 g/mol. The molecule has 114 valence electrons. The van der Waals surface area contributed by atoms with Gasteiger partial charge < -0.3 is 10.1 Å². The summed E-state index contributed by atoms with van der Waals surface area (Å²) < 4.78 is 6.36. The lowest BCUT2D eigenvalue weighted by Gasteiger charge is -2.26. The lowest BCUT2D eigenvalue weighted by Crippen LogP contribution is -2.42. The van der Waals surface area contributed by atoms with Gasteiger partial charge in [0.2, 0.25) is 0 Å². The highest BCUT2D eigenvalue weighted by molar-refractivity contribution is 9.10. The lowest BCUT2D eigenvalue weighted by atomic mass is 10.2. The smallest absolute Gasteiger partial charge is 0.187 e. The number of morpholine rings is 1. The molecule has 0 aromatic heterocycles. The maximum atomic E-state index is 5.31. The van der Waals surface area contributed by atoms with Crippen LogP contribution in [0.4, 0.5) is 0 Å². The van der Waals surface area contributed by atoms with Crippen molar-refractivity contribution in [3.63, 3.8) is 0 Å². The van der Waals surface area contributed by atoms with Gasteiger partial charge in [0, 0.05) is 30.7 Å². The molecule has 1 heterocycles. The van der Waals surface area contributed by atoms with E-state index in [1.54, 1.807) is 6.21 Å². The first-order valence-electron chi connectivity index (χ1n) is 6.86. The molecule has 7 heteroatoms. The SMILES string of the molecule is S=C(NCCN1CCOCC1)N/N=C\c1ccc(Br)cc1. The molecule has 1 aliphatic heterocycles. The van der Waals surface area contributed by atoms with Gasteiger partial charge in [-0.1, -0.05) is 28.1 Å². The van der Waals surface area contributed by atoms with Gasteiger partial charge in [0.25, 0.3) is 0 Å². The summed E-state index contributed by atoms with van der Waals surface area (Å²) in [6.07, 6.45) is 1.74. The van der Waals surface area contributed by atoms with Crippen LogP contribution in [0.15, 0.2) is 33.8 Å². The first-order valence-corrected chi connectivity index (χ1v) is 8.07. The summed E-state index contributed by atoms with van der Waals surface area (Å²) in [5.74, 6) is 0. The molecule has 0 spiro atoms. The Morgan fingerprint density at radius 1 is 1.33 bits per heavy atom. The lowest BCUT2D eigenvalue weighted by molar-refractivity contribution is 0.0389. The number of rotatable bonds is 5. The Morgan fingerprint density at radius 3 is 2.76 bits per heavy atom. The zero-order valence-corrected chi connectivity index (χ0v) is 14.1. The molecular weight excluding hydrogens is 352 g/mol. The van der Waals surface area contributed by atoms with Gasteiger partial charge in [0.05, 0.1) is 19.4 Å². The molecule has 1 aromatic carbocycles.